The third kappa shape index (κ3) is 2.48. The molecule has 1 atom stereocenters. The van der Waals surface area contributed by atoms with Crippen molar-refractivity contribution in [1.82, 2.24) is 4.90 Å². The zero-order chi connectivity index (χ0) is 13.6. The van der Waals surface area contributed by atoms with Gasteiger partial charge in [0.25, 0.3) is 0 Å². The quantitative estimate of drug-likeness (QED) is 0.828. The van der Waals surface area contributed by atoms with E-state index >= 15 is 0 Å². The van der Waals surface area contributed by atoms with Crippen LogP contribution in [0.2, 0.25) is 5.02 Å². The Bertz CT molecular complexity index is 529. The van der Waals surface area contributed by atoms with Crippen molar-refractivity contribution in [2.75, 3.05) is 6.54 Å². The smallest absolute Gasteiger partial charge is 0.223 e. The summed E-state index contributed by atoms with van der Waals surface area (Å²) in [6, 6.07) is 4.36. The van der Waals surface area contributed by atoms with Crippen molar-refractivity contribution in [2.45, 2.75) is 32.7 Å². The number of likely N-dealkylation sites (tertiary alicyclic amines) is 1. The summed E-state index contributed by atoms with van der Waals surface area (Å²) in [6.45, 7) is 3.49. The van der Waals surface area contributed by atoms with Crippen LogP contribution in [0.5, 0.6) is 0 Å². The van der Waals surface area contributed by atoms with E-state index in [9.17, 15) is 9.18 Å². The second-order valence-electron chi connectivity index (χ2n) is 6.09. The van der Waals surface area contributed by atoms with Crippen LogP contribution in [0, 0.1) is 17.2 Å². The molecule has 0 aromatic heterocycles. The predicted molar refractivity (Wildman–Crippen MR) is 72.3 cm³/mol. The van der Waals surface area contributed by atoms with E-state index in [1.54, 1.807) is 6.07 Å². The number of carbonyl (C=O) groups excluding carboxylic acids is 1. The second kappa shape index (κ2) is 4.48. The average Bonchev–Trinajstić information content (AvgIpc) is 3.12. The summed E-state index contributed by atoms with van der Waals surface area (Å²) in [7, 11) is 0. The molecule has 1 saturated carbocycles. The molecular weight excluding hydrogens is 265 g/mol. The first-order chi connectivity index (χ1) is 8.98. The molecule has 0 radical (unpaired) electrons. The number of benzene rings is 1. The number of amides is 1. The molecule has 1 aromatic carbocycles. The van der Waals surface area contributed by atoms with Gasteiger partial charge in [0.2, 0.25) is 5.91 Å². The van der Waals surface area contributed by atoms with Crippen molar-refractivity contribution in [3.8, 4) is 0 Å². The first kappa shape index (κ1) is 12.9. The maximum Gasteiger partial charge on any atom is 0.223 e. The lowest BCUT2D eigenvalue weighted by molar-refractivity contribution is -0.128. The molecule has 0 N–H and O–H groups in total. The van der Waals surface area contributed by atoms with Crippen LogP contribution in [-0.4, -0.2) is 17.4 Å². The van der Waals surface area contributed by atoms with Gasteiger partial charge in [0.1, 0.15) is 5.82 Å². The highest BCUT2D eigenvalue weighted by Gasteiger charge is 2.48. The maximum absolute atomic E-state index is 13.0. The van der Waals surface area contributed by atoms with Gasteiger partial charge in [-0.25, -0.2) is 4.39 Å². The van der Waals surface area contributed by atoms with Gasteiger partial charge in [0, 0.05) is 24.5 Å². The fraction of sp³-hybridized carbons (Fsp3) is 0.533. The topological polar surface area (TPSA) is 20.3 Å². The first-order valence-electron chi connectivity index (χ1n) is 6.70. The van der Waals surface area contributed by atoms with E-state index in [1.165, 1.54) is 25.0 Å². The molecule has 3 rings (SSSR count). The van der Waals surface area contributed by atoms with Crippen molar-refractivity contribution in [2.24, 2.45) is 11.3 Å². The fourth-order valence-electron chi connectivity index (χ4n) is 3.09. The lowest BCUT2D eigenvalue weighted by Gasteiger charge is -2.24. The highest BCUT2D eigenvalue weighted by atomic mass is 35.5. The Morgan fingerprint density at radius 2 is 2.21 bits per heavy atom. The minimum Gasteiger partial charge on any atom is -0.338 e. The first-order valence-corrected chi connectivity index (χ1v) is 7.07. The molecule has 2 aliphatic rings. The normalized spacial score (nSPS) is 27.1. The lowest BCUT2D eigenvalue weighted by Crippen LogP contribution is -2.27. The molecule has 19 heavy (non-hydrogen) atoms. The van der Waals surface area contributed by atoms with Crippen LogP contribution >= 0.6 is 11.6 Å². The minimum atomic E-state index is -0.343. The molecule has 1 aromatic rings. The summed E-state index contributed by atoms with van der Waals surface area (Å²) < 4.78 is 13.0. The Labute approximate surface area is 117 Å². The third-order valence-corrected chi connectivity index (χ3v) is 4.75. The monoisotopic (exact) mass is 281 g/mol. The molecule has 102 valence electrons. The summed E-state index contributed by atoms with van der Waals surface area (Å²) in [4.78, 5) is 14.0. The van der Waals surface area contributed by atoms with E-state index in [4.69, 9.17) is 11.6 Å². The van der Waals surface area contributed by atoms with Crippen molar-refractivity contribution in [3.63, 3.8) is 0 Å². The predicted octanol–water partition coefficient (Wildman–Crippen LogP) is 3.63. The van der Waals surface area contributed by atoms with Crippen molar-refractivity contribution < 1.29 is 9.18 Å². The summed E-state index contributed by atoms with van der Waals surface area (Å²) in [5.41, 5.74) is 0.945. The molecule has 1 saturated heterocycles. The minimum absolute atomic E-state index is 0.129. The Balaban J connectivity index is 1.74. The molecular formula is C15H17ClFNO. The molecule has 1 aliphatic heterocycles. The van der Waals surface area contributed by atoms with Gasteiger partial charge in [-0.15, -0.1) is 0 Å². The van der Waals surface area contributed by atoms with Gasteiger partial charge in [0.15, 0.2) is 0 Å². The van der Waals surface area contributed by atoms with Crippen molar-refractivity contribution >= 4 is 17.5 Å². The van der Waals surface area contributed by atoms with E-state index in [-0.39, 0.29) is 17.1 Å². The van der Waals surface area contributed by atoms with E-state index in [1.807, 2.05) is 4.90 Å². The van der Waals surface area contributed by atoms with Crippen LogP contribution in [0.15, 0.2) is 18.2 Å². The van der Waals surface area contributed by atoms with Crippen LogP contribution in [-0.2, 0) is 11.3 Å². The second-order valence-corrected chi connectivity index (χ2v) is 6.50. The largest absolute Gasteiger partial charge is 0.338 e. The molecule has 0 unspecified atom stereocenters. The molecule has 2 nitrogen and oxygen atoms in total. The van der Waals surface area contributed by atoms with Gasteiger partial charge in [-0.05, 0) is 41.9 Å². The Morgan fingerprint density at radius 3 is 2.84 bits per heavy atom. The van der Waals surface area contributed by atoms with Crippen LogP contribution in [0.1, 0.15) is 31.7 Å². The van der Waals surface area contributed by atoms with E-state index in [2.05, 4.69) is 6.92 Å². The molecule has 1 amide bonds. The van der Waals surface area contributed by atoms with Gasteiger partial charge in [0.05, 0.1) is 0 Å². The fourth-order valence-corrected chi connectivity index (χ4v) is 3.32. The van der Waals surface area contributed by atoms with Crippen molar-refractivity contribution in [3.05, 3.63) is 34.6 Å². The number of hydrogen-bond acceptors (Lipinski definition) is 1. The van der Waals surface area contributed by atoms with E-state index < -0.39 is 0 Å². The number of nitrogens with zero attached hydrogens (tertiary/aromatic N) is 1. The Kier molecular flexibility index (Phi) is 3.05. The van der Waals surface area contributed by atoms with Gasteiger partial charge in [-0.1, -0.05) is 24.6 Å². The summed E-state index contributed by atoms with van der Waals surface area (Å²) in [5.74, 6) is 0.546. The summed E-state index contributed by atoms with van der Waals surface area (Å²) in [5, 5.41) is 0.396. The summed E-state index contributed by atoms with van der Waals surface area (Å²) >= 11 is 6.02. The highest BCUT2D eigenvalue weighted by Crippen LogP contribution is 2.51. The number of rotatable bonds is 3. The molecule has 0 bridgehead atoms. The zero-order valence-corrected chi connectivity index (χ0v) is 11.7. The SMILES string of the molecule is C[C@]1(C2CC2)CC(=O)N(Cc2ccc(F)cc2Cl)C1. The van der Waals surface area contributed by atoms with Gasteiger partial charge in [-0.3, -0.25) is 4.79 Å². The Hall–Kier alpha value is -1.09. The van der Waals surface area contributed by atoms with Gasteiger partial charge >= 0.3 is 0 Å². The third-order valence-electron chi connectivity index (χ3n) is 4.40. The number of halogens is 2. The lowest BCUT2D eigenvalue weighted by atomic mass is 9.84. The van der Waals surface area contributed by atoms with Crippen molar-refractivity contribution in [1.29, 1.82) is 0 Å². The molecule has 0 spiro atoms. The number of carbonyl (C=O) groups is 1. The van der Waals surface area contributed by atoms with Crippen LogP contribution < -0.4 is 0 Å². The van der Waals surface area contributed by atoms with Crippen LogP contribution in [0.3, 0.4) is 0 Å². The van der Waals surface area contributed by atoms with Crippen LogP contribution in [0.25, 0.3) is 0 Å². The number of hydrogen-bond donors (Lipinski definition) is 0. The molecule has 2 fully saturated rings. The average molecular weight is 282 g/mol. The van der Waals surface area contributed by atoms with E-state index in [0.29, 0.717) is 23.9 Å². The molecule has 1 heterocycles. The molecule has 1 aliphatic carbocycles. The maximum atomic E-state index is 13.0. The standard InChI is InChI=1S/C15H17ClFNO/c1-15(11-3-4-11)7-14(19)18(9-15)8-10-2-5-12(17)6-13(10)16/h2,5-6,11H,3-4,7-9H2,1H3/t15-/m0/s1. The zero-order valence-electron chi connectivity index (χ0n) is 11.0. The molecule has 4 heteroatoms. The van der Waals surface area contributed by atoms with Gasteiger partial charge < -0.3 is 4.90 Å². The Morgan fingerprint density at radius 1 is 1.47 bits per heavy atom. The van der Waals surface area contributed by atoms with Gasteiger partial charge in [-0.2, -0.15) is 0 Å². The van der Waals surface area contributed by atoms with E-state index in [0.717, 1.165) is 12.1 Å². The highest BCUT2D eigenvalue weighted by molar-refractivity contribution is 6.31. The summed E-state index contributed by atoms with van der Waals surface area (Å²) in [6.07, 6.45) is 3.13. The van der Waals surface area contributed by atoms with Crippen LogP contribution in [0.4, 0.5) is 4.39 Å².